The van der Waals surface area contributed by atoms with Crippen LogP contribution in [-0.4, -0.2) is 4.98 Å². The molecule has 0 bridgehead atoms. The molecule has 90 valence electrons. The van der Waals surface area contributed by atoms with E-state index < -0.39 is 0 Å². The molecule has 18 heavy (non-hydrogen) atoms. The molecule has 1 aromatic carbocycles. The molecule has 2 N–H and O–H groups in total. The van der Waals surface area contributed by atoms with Gasteiger partial charge in [0.05, 0.1) is 15.2 Å². The Kier molecular flexibility index (Phi) is 2.22. The second-order valence-electron chi connectivity index (χ2n) is 4.58. The number of nitrogens with two attached hydrogens (primary N) is 1. The molecule has 2 nitrogen and oxygen atoms in total. The van der Waals surface area contributed by atoms with Crippen LogP contribution in [0.5, 0.6) is 0 Å². The molecular formula is C14H12N2S2. The van der Waals surface area contributed by atoms with Crippen molar-refractivity contribution in [3.8, 4) is 10.6 Å². The van der Waals surface area contributed by atoms with E-state index in [9.17, 15) is 0 Å². The Balaban J connectivity index is 1.97. The first-order chi connectivity index (χ1) is 8.83. The molecule has 0 amide bonds. The number of hydrogen-bond acceptors (Lipinski definition) is 4. The number of nitrogen functional groups attached to an aromatic ring is 1. The second kappa shape index (κ2) is 3.80. The molecule has 0 saturated heterocycles. The van der Waals surface area contributed by atoms with Crippen LogP contribution in [-0.2, 0) is 12.8 Å². The molecule has 4 rings (SSSR count). The van der Waals surface area contributed by atoms with Crippen molar-refractivity contribution < 1.29 is 0 Å². The Morgan fingerprint density at radius 3 is 2.89 bits per heavy atom. The Labute approximate surface area is 113 Å². The summed E-state index contributed by atoms with van der Waals surface area (Å²) in [5, 5.41) is 2.03. The van der Waals surface area contributed by atoms with Crippen LogP contribution in [0, 0.1) is 0 Å². The largest absolute Gasteiger partial charge is 0.390 e. The molecule has 0 aliphatic heterocycles. The third kappa shape index (κ3) is 1.42. The molecule has 1 aliphatic carbocycles. The quantitative estimate of drug-likeness (QED) is 0.724. The van der Waals surface area contributed by atoms with E-state index in [1.807, 2.05) is 6.07 Å². The summed E-state index contributed by atoms with van der Waals surface area (Å²) in [4.78, 5) is 6.21. The zero-order valence-electron chi connectivity index (χ0n) is 9.77. The molecule has 2 heterocycles. The number of anilines is 1. The van der Waals surface area contributed by atoms with E-state index in [0.717, 1.165) is 21.9 Å². The van der Waals surface area contributed by atoms with Crippen molar-refractivity contribution in [2.75, 3.05) is 5.73 Å². The number of hydrogen-bond donors (Lipinski definition) is 1. The van der Waals surface area contributed by atoms with E-state index in [4.69, 9.17) is 10.7 Å². The van der Waals surface area contributed by atoms with E-state index in [-0.39, 0.29) is 0 Å². The lowest BCUT2D eigenvalue weighted by Crippen LogP contribution is -1.87. The Morgan fingerprint density at radius 1 is 1.11 bits per heavy atom. The maximum atomic E-state index is 6.19. The Bertz CT molecular complexity index is 706. The van der Waals surface area contributed by atoms with Crippen molar-refractivity contribution in [2.45, 2.75) is 19.3 Å². The van der Waals surface area contributed by atoms with E-state index in [1.54, 1.807) is 22.7 Å². The lowest BCUT2D eigenvalue weighted by molar-refractivity contribution is 0.915. The Morgan fingerprint density at radius 2 is 2.00 bits per heavy atom. The SMILES string of the molecule is Nc1sc2c(c1-c1nc3ccccc3s1)CCC2. The monoisotopic (exact) mass is 272 g/mol. The van der Waals surface area contributed by atoms with Crippen LogP contribution in [0.4, 0.5) is 5.00 Å². The highest BCUT2D eigenvalue weighted by molar-refractivity contribution is 7.22. The highest BCUT2D eigenvalue weighted by Crippen LogP contribution is 2.45. The number of rotatable bonds is 1. The molecule has 0 radical (unpaired) electrons. The molecule has 0 saturated carbocycles. The summed E-state index contributed by atoms with van der Waals surface area (Å²) in [6.45, 7) is 0. The van der Waals surface area contributed by atoms with Gasteiger partial charge in [-0.3, -0.25) is 0 Å². The zero-order chi connectivity index (χ0) is 12.1. The van der Waals surface area contributed by atoms with E-state index >= 15 is 0 Å². The van der Waals surface area contributed by atoms with Gasteiger partial charge in [-0.1, -0.05) is 12.1 Å². The van der Waals surface area contributed by atoms with Crippen LogP contribution in [0.3, 0.4) is 0 Å². The van der Waals surface area contributed by atoms with Gasteiger partial charge in [-0.2, -0.15) is 0 Å². The molecule has 4 heteroatoms. The zero-order valence-corrected chi connectivity index (χ0v) is 11.4. The molecule has 2 aromatic heterocycles. The minimum atomic E-state index is 0.943. The predicted octanol–water partition coefficient (Wildman–Crippen LogP) is 4.10. The summed E-state index contributed by atoms with van der Waals surface area (Å²) >= 11 is 3.50. The minimum Gasteiger partial charge on any atom is -0.390 e. The Hall–Kier alpha value is -1.39. The fourth-order valence-corrected chi connectivity index (χ4v) is 4.92. The maximum Gasteiger partial charge on any atom is 0.127 e. The standard InChI is InChI=1S/C14H12N2S2/c15-13-12(8-4-3-7-10(8)17-13)14-16-9-5-1-2-6-11(9)18-14/h1-2,5-6H,3-4,7,15H2. The van der Waals surface area contributed by atoms with Crippen molar-refractivity contribution in [3.63, 3.8) is 0 Å². The van der Waals surface area contributed by atoms with Crippen molar-refractivity contribution >= 4 is 37.9 Å². The van der Waals surface area contributed by atoms with E-state index in [2.05, 4.69) is 18.2 Å². The van der Waals surface area contributed by atoms with Gasteiger partial charge in [0, 0.05) is 10.4 Å². The molecule has 3 aromatic rings. The van der Waals surface area contributed by atoms with Crippen molar-refractivity contribution in [1.82, 2.24) is 4.98 Å². The van der Waals surface area contributed by atoms with Crippen LogP contribution in [0.2, 0.25) is 0 Å². The van der Waals surface area contributed by atoms with Crippen LogP contribution in [0.1, 0.15) is 16.9 Å². The van der Waals surface area contributed by atoms with E-state index in [0.29, 0.717) is 0 Å². The van der Waals surface area contributed by atoms with E-state index in [1.165, 1.54) is 33.5 Å². The number of fused-ring (bicyclic) bond motifs is 2. The first-order valence-electron chi connectivity index (χ1n) is 6.09. The summed E-state index contributed by atoms with van der Waals surface area (Å²) in [6, 6.07) is 8.29. The third-order valence-corrected chi connectivity index (χ3v) is 5.63. The van der Waals surface area contributed by atoms with Gasteiger partial charge in [-0.15, -0.1) is 22.7 Å². The van der Waals surface area contributed by atoms with Crippen LogP contribution < -0.4 is 5.73 Å². The lowest BCUT2D eigenvalue weighted by atomic mass is 10.1. The fraction of sp³-hybridized carbons (Fsp3) is 0.214. The van der Waals surface area contributed by atoms with Gasteiger partial charge >= 0.3 is 0 Å². The summed E-state index contributed by atoms with van der Waals surface area (Å²) in [5.41, 5.74) is 9.94. The number of benzene rings is 1. The topological polar surface area (TPSA) is 38.9 Å². The highest BCUT2D eigenvalue weighted by atomic mass is 32.1. The van der Waals surface area contributed by atoms with Gasteiger partial charge in [0.15, 0.2) is 0 Å². The first-order valence-corrected chi connectivity index (χ1v) is 7.72. The number of aromatic nitrogens is 1. The van der Waals surface area contributed by atoms with Gasteiger partial charge in [0.25, 0.3) is 0 Å². The van der Waals surface area contributed by atoms with Crippen molar-refractivity contribution in [1.29, 1.82) is 0 Å². The van der Waals surface area contributed by atoms with Crippen molar-refractivity contribution in [3.05, 3.63) is 34.7 Å². The van der Waals surface area contributed by atoms with Crippen LogP contribution >= 0.6 is 22.7 Å². The van der Waals surface area contributed by atoms with Crippen molar-refractivity contribution in [2.24, 2.45) is 0 Å². The average Bonchev–Trinajstić information content (AvgIpc) is 3.00. The second-order valence-corrected chi connectivity index (χ2v) is 6.75. The van der Waals surface area contributed by atoms with Gasteiger partial charge in [-0.05, 0) is 37.0 Å². The number of aryl methyl sites for hydroxylation is 1. The van der Waals surface area contributed by atoms with Crippen LogP contribution in [0.25, 0.3) is 20.8 Å². The molecule has 1 aliphatic rings. The number of thiophene rings is 1. The smallest absolute Gasteiger partial charge is 0.127 e. The normalized spacial score (nSPS) is 14.2. The minimum absolute atomic E-state index is 0.943. The molecular weight excluding hydrogens is 260 g/mol. The van der Waals surface area contributed by atoms with Crippen LogP contribution in [0.15, 0.2) is 24.3 Å². The summed E-state index contributed by atoms with van der Waals surface area (Å²) in [5.74, 6) is 0. The average molecular weight is 272 g/mol. The number of thiazole rings is 1. The summed E-state index contributed by atoms with van der Waals surface area (Å²) in [6.07, 6.45) is 3.61. The molecule has 0 atom stereocenters. The maximum absolute atomic E-state index is 6.19. The third-order valence-electron chi connectivity index (χ3n) is 3.46. The molecule has 0 unspecified atom stereocenters. The lowest BCUT2D eigenvalue weighted by Gasteiger charge is -1.98. The number of para-hydroxylation sites is 1. The molecule has 0 fully saturated rings. The van der Waals surface area contributed by atoms with Gasteiger partial charge < -0.3 is 5.73 Å². The first kappa shape index (κ1) is 10.5. The highest BCUT2D eigenvalue weighted by Gasteiger charge is 2.23. The van der Waals surface area contributed by atoms with Gasteiger partial charge in [0.1, 0.15) is 5.01 Å². The van der Waals surface area contributed by atoms with Gasteiger partial charge in [-0.25, -0.2) is 4.98 Å². The molecule has 0 spiro atoms. The summed E-state index contributed by atoms with van der Waals surface area (Å²) < 4.78 is 1.24. The fourth-order valence-electron chi connectivity index (χ4n) is 2.64. The van der Waals surface area contributed by atoms with Gasteiger partial charge in [0.2, 0.25) is 0 Å². The summed E-state index contributed by atoms with van der Waals surface area (Å²) in [7, 11) is 0. The predicted molar refractivity (Wildman–Crippen MR) is 79.4 cm³/mol. The number of nitrogens with zero attached hydrogens (tertiary/aromatic N) is 1.